The van der Waals surface area contributed by atoms with E-state index in [-0.39, 0.29) is 23.1 Å². The Morgan fingerprint density at radius 1 is 1.42 bits per heavy atom. The van der Waals surface area contributed by atoms with Crippen LogP contribution in [0.1, 0.15) is 10.5 Å². The predicted molar refractivity (Wildman–Crippen MR) is 83.9 cm³/mol. The topological polar surface area (TPSA) is 132 Å². The van der Waals surface area contributed by atoms with Crippen molar-refractivity contribution in [1.82, 2.24) is 15.2 Å². The van der Waals surface area contributed by atoms with E-state index in [4.69, 9.17) is 10.5 Å². The highest BCUT2D eigenvalue weighted by atomic mass is 32.2. The molecule has 3 aliphatic rings. The molecule has 2 amide bonds. The molecule has 1 aromatic rings. The molecule has 0 spiro atoms. The number of amides is 2. The first-order valence-corrected chi connectivity index (χ1v) is 8.80. The molecule has 3 N–H and O–H groups in total. The SMILES string of the molecule is Nc1nc(C(=O)C(=O)NC2C(=O)N3C4=C(COC4=O)CSC23)cs1. The number of carbonyl (C=O) groups excluding carboxylic acids is 4. The second-order valence-electron chi connectivity index (χ2n) is 5.29. The van der Waals surface area contributed by atoms with Crippen LogP contribution in [0.3, 0.4) is 0 Å². The normalized spacial score (nSPS) is 24.9. The van der Waals surface area contributed by atoms with E-state index < -0.39 is 35.0 Å². The summed E-state index contributed by atoms with van der Waals surface area (Å²) in [5.74, 6) is -2.19. The van der Waals surface area contributed by atoms with Gasteiger partial charge in [0.2, 0.25) is 0 Å². The minimum absolute atomic E-state index is 0.0562. The summed E-state index contributed by atoms with van der Waals surface area (Å²) in [6.45, 7) is 0.193. The maximum Gasteiger partial charge on any atom is 0.355 e. The van der Waals surface area contributed by atoms with Crippen LogP contribution in [0, 0.1) is 0 Å². The summed E-state index contributed by atoms with van der Waals surface area (Å²) in [5.41, 5.74) is 6.42. The predicted octanol–water partition coefficient (Wildman–Crippen LogP) is -0.881. The number of Topliss-reactive ketones (excluding diaryl/α,β-unsaturated/α-hetero) is 1. The van der Waals surface area contributed by atoms with Crippen molar-refractivity contribution in [3.63, 3.8) is 0 Å². The fourth-order valence-electron chi connectivity index (χ4n) is 2.72. The van der Waals surface area contributed by atoms with Crippen LogP contribution < -0.4 is 11.1 Å². The van der Waals surface area contributed by atoms with Crippen molar-refractivity contribution >= 4 is 51.8 Å². The van der Waals surface area contributed by atoms with Crippen LogP contribution in [0.5, 0.6) is 0 Å². The molecule has 2 unspecified atom stereocenters. The lowest BCUT2D eigenvalue weighted by Crippen LogP contribution is -2.70. The van der Waals surface area contributed by atoms with Gasteiger partial charge in [0, 0.05) is 16.7 Å². The third-order valence-electron chi connectivity index (χ3n) is 3.87. The molecule has 3 aliphatic heterocycles. The second-order valence-corrected chi connectivity index (χ2v) is 7.28. The van der Waals surface area contributed by atoms with Crippen molar-refractivity contribution in [3.05, 3.63) is 22.3 Å². The highest BCUT2D eigenvalue weighted by Gasteiger charge is 2.56. The van der Waals surface area contributed by atoms with E-state index in [0.717, 1.165) is 16.9 Å². The third kappa shape index (κ3) is 2.12. The Bertz CT molecular complexity index is 832. The maximum atomic E-state index is 12.3. The smallest absolute Gasteiger partial charge is 0.355 e. The largest absolute Gasteiger partial charge is 0.456 e. The molecule has 1 saturated heterocycles. The highest BCUT2D eigenvalue weighted by Crippen LogP contribution is 2.42. The van der Waals surface area contributed by atoms with Crippen LogP contribution in [0.4, 0.5) is 5.13 Å². The quantitative estimate of drug-likeness (QED) is 0.305. The number of anilines is 1. The fourth-order valence-corrected chi connectivity index (χ4v) is 4.59. The Kier molecular flexibility index (Phi) is 3.35. The minimum atomic E-state index is -0.923. The Morgan fingerprint density at radius 2 is 2.21 bits per heavy atom. The first-order chi connectivity index (χ1) is 11.5. The zero-order chi connectivity index (χ0) is 17.0. The number of ketones is 1. The van der Waals surface area contributed by atoms with E-state index >= 15 is 0 Å². The number of ether oxygens (including phenoxy) is 1. The number of cyclic esters (lactones) is 1. The van der Waals surface area contributed by atoms with Crippen LogP contribution in [-0.4, -0.2) is 57.2 Å². The second kappa shape index (κ2) is 5.31. The number of esters is 1. The molecule has 124 valence electrons. The molecule has 0 aliphatic carbocycles. The van der Waals surface area contributed by atoms with E-state index in [1.807, 2.05) is 0 Å². The minimum Gasteiger partial charge on any atom is -0.456 e. The zero-order valence-electron chi connectivity index (χ0n) is 12.0. The van der Waals surface area contributed by atoms with E-state index in [1.165, 1.54) is 22.0 Å². The number of carbonyl (C=O) groups is 4. The molecule has 0 radical (unpaired) electrons. The number of thioether (sulfide) groups is 1. The van der Waals surface area contributed by atoms with Gasteiger partial charge in [-0.1, -0.05) is 0 Å². The lowest BCUT2D eigenvalue weighted by Gasteiger charge is -2.48. The average molecular weight is 366 g/mol. The number of aromatic nitrogens is 1. The number of thiazole rings is 1. The van der Waals surface area contributed by atoms with Gasteiger partial charge in [0.05, 0.1) is 0 Å². The van der Waals surface area contributed by atoms with Gasteiger partial charge in [-0.05, 0) is 0 Å². The molecule has 4 rings (SSSR count). The van der Waals surface area contributed by atoms with Crippen molar-refractivity contribution in [2.45, 2.75) is 11.4 Å². The molecule has 0 aromatic carbocycles. The summed E-state index contributed by atoms with van der Waals surface area (Å²) < 4.78 is 4.93. The molecule has 0 bridgehead atoms. The van der Waals surface area contributed by atoms with Crippen molar-refractivity contribution in [2.75, 3.05) is 18.1 Å². The molecule has 1 aromatic heterocycles. The number of fused-ring (bicyclic) bond motifs is 2. The van der Waals surface area contributed by atoms with Crippen molar-refractivity contribution in [1.29, 1.82) is 0 Å². The lowest BCUT2D eigenvalue weighted by atomic mass is 10.0. The number of hydrogen-bond acceptors (Lipinski definition) is 9. The number of nitrogen functional groups attached to an aromatic ring is 1. The molecule has 2 atom stereocenters. The first-order valence-electron chi connectivity index (χ1n) is 6.87. The van der Waals surface area contributed by atoms with Crippen LogP contribution in [-0.2, 0) is 19.1 Å². The third-order valence-corrected chi connectivity index (χ3v) is 5.88. The van der Waals surface area contributed by atoms with Crippen LogP contribution >= 0.6 is 23.1 Å². The Hall–Kier alpha value is -2.40. The summed E-state index contributed by atoms with van der Waals surface area (Å²) in [4.78, 5) is 53.1. The van der Waals surface area contributed by atoms with E-state index in [2.05, 4.69) is 10.3 Å². The van der Waals surface area contributed by atoms with Gasteiger partial charge < -0.3 is 15.8 Å². The monoisotopic (exact) mass is 366 g/mol. The number of nitrogens with two attached hydrogens (primary N) is 1. The average Bonchev–Trinajstić information content (AvgIpc) is 3.16. The van der Waals surface area contributed by atoms with Crippen molar-refractivity contribution in [3.8, 4) is 0 Å². The van der Waals surface area contributed by atoms with E-state index in [9.17, 15) is 19.2 Å². The summed E-state index contributed by atoms with van der Waals surface area (Å²) >= 11 is 2.46. The van der Waals surface area contributed by atoms with Crippen LogP contribution in [0.15, 0.2) is 16.7 Å². The fraction of sp³-hybridized carbons (Fsp3) is 0.308. The van der Waals surface area contributed by atoms with Gasteiger partial charge in [-0.15, -0.1) is 23.1 Å². The lowest BCUT2D eigenvalue weighted by molar-refractivity contribution is -0.150. The van der Waals surface area contributed by atoms with E-state index in [1.54, 1.807) is 0 Å². The summed E-state index contributed by atoms with van der Waals surface area (Å²) in [6, 6.07) is -0.857. The van der Waals surface area contributed by atoms with Gasteiger partial charge >= 0.3 is 5.97 Å². The van der Waals surface area contributed by atoms with Gasteiger partial charge in [0.15, 0.2) is 5.13 Å². The van der Waals surface area contributed by atoms with Crippen LogP contribution in [0.2, 0.25) is 0 Å². The molecule has 11 heteroatoms. The molecule has 24 heavy (non-hydrogen) atoms. The number of nitrogens with one attached hydrogen (secondary N) is 1. The maximum absolute atomic E-state index is 12.3. The van der Waals surface area contributed by atoms with Crippen molar-refractivity contribution in [2.24, 2.45) is 0 Å². The number of nitrogens with zero attached hydrogens (tertiary/aromatic N) is 2. The molecule has 9 nitrogen and oxygen atoms in total. The summed E-state index contributed by atoms with van der Waals surface area (Å²) in [5, 5.41) is 3.56. The number of β-lactam (4-membered cyclic amide) rings is 1. The Balaban J connectivity index is 1.48. The number of rotatable bonds is 3. The Morgan fingerprint density at radius 3 is 2.92 bits per heavy atom. The summed E-state index contributed by atoms with van der Waals surface area (Å²) in [6.07, 6.45) is 0. The zero-order valence-corrected chi connectivity index (χ0v) is 13.6. The van der Waals surface area contributed by atoms with Crippen LogP contribution in [0.25, 0.3) is 0 Å². The Labute approximate surface area is 143 Å². The molecule has 0 saturated carbocycles. The van der Waals surface area contributed by atoms with Gasteiger partial charge in [0.1, 0.15) is 29.4 Å². The standard InChI is InChI=1S/C13H10N4O5S2/c14-13-15-5(3-24-13)8(18)9(19)16-6-10(20)17-7-4(1-22-12(7)21)2-23-11(6)17/h3,6,11H,1-2H2,(H2,14,15)(H,16,19). The molecule has 1 fully saturated rings. The molecule has 4 heterocycles. The molecular formula is C13H10N4O5S2. The van der Waals surface area contributed by atoms with Gasteiger partial charge in [-0.25, -0.2) is 9.78 Å². The van der Waals surface area contributed by atoms with Gasteiger partial charge in [-0.2, -0.15) is 0 Å². The van der Waals surface area contributed by atoms with Crippen molar-refractivity contribution < 1.29 is 23.9 Å². The highest BCUT2D eigenvalue weighted by molar-refractivity contribution is 8.00. The number of hydrogen-bond donors (Lipinski definition) is 2. The van der Waals surface area contributed by atoms with Gasteiger partial charge in [0.25, 0.3) is 17.6 Å². The van der Waals surface area contributed by atoms with Gasteiger partial charge in [-0.3, -0.25) is 19.3 Å². The molecular weight excluding hydrogens is 356 g/mol. The first kappa shape index (κ1) is 15.1. The van der Waals surface area contributed by atoms with E-state index in [0.29, 0.717) is 5.75 Å². The summed E-state index contributed by atoms with van der Waals surface area (Å²) in [7, 11) is 0.